The third-order valence-electron chi connectivity index (χ3n) is 4.66. The van der Waals surface area contributed by atoms with E-state index >= 15 is 0 Å². The van der Waals surface area contributed by atoms with E-state index < -0.39 is 0 Å². The summed E-state index contributed by atoms with van der Waals surface area (Å²) in [7, 11) is 3.22. The minimum Gasteiger partial charge on any atom is -0.493 e. The Hall–Kier alpha value is -2.96. The molecule has 2 heterocycles. The molecule has 1 N–H and O–H groups in total. The molecule has 1 atom stereocenters. The highest BCUT2D eigenvalue weighted by Gasteiger charge is 2.24. The number of nitrogens with one attached hydrogen (secondary N) is 1. The summed E-state index contributed by atoms with van der Waals surface area (Å²) in [6, 6.07) is 7.65. The van der Waals surface area contributed by atoms with Gasteiger partial charge in [0.15, 0.2) is 11.5 Å². The average molecular weight is 370 g/mol. The first kappa shape index (κ1) is 18.8. The van der Waals surface area contributed by atoms with Crippen LogP contribution in [-0.2, 0) is 6.54 Å². The lowest BCUT2D eigenvalue weighted by Crippen LogP contribution is -2.39. The number of hydrogen-bond donors (Lipinski definition) is 1. The fraction of sp³-hybridized carbons (Fsp3) is 0.400. The van der Waals surface area contributed by atoms with Gasteiger partial charge in [-0.25, -0.2) is 9.48 Å². The molecule has 0 bridgehead atoms. The molecule has 3 rings (SSSR count). The summed E-state index contributed by atoms with van der Waals surface area (Å²) in [5, 5.41) is 7.52. The Labute approximate surface area is 159 Å². The van der Waals surface area contributed by atoms with Crippen LogP contribution in [0.4, 0.5) is 10.6 Å². The number of anilines is 1. The van der Waals surface area contributed by atoms with Crippen molar-refractivity contribution in [1.29, 1.82) is 0 Å². The molecular formula is C20H26N4O3. The van der Waals surface area contributed by atoms with Crippen LogP contribution in [-0.4, -0.2) is 47.5 Å². The number of hydrogen-bond acceptors (Lipinski definition) is 4. The van der Waals surface area contributed by atoms with Crippen molar-refractivity contribution in [2.24, 2.45) is 0 Å². The molecule has 1 aromatic carbocycles. The average Bonchev–Trinajstić information content (AvgIpc) is 3.28. The van der Waals surface area contributed by atoms with Gasteiger partial charge < -0.3 is 14.4 Å². The van der Waals surface area contributed by atoms with Gasteiger partial charge in [0, 0.05) is 12.6 Å². The number of nitrogens with zero attached hydrogens (tertiary/aromatic N) is 3. The molecule has 0 aliphatic carbocycles. The number of aryl methyl sites for hydroxylation is 1. The standard InChI is InChI=1S/C20H26N4O3/c1-5-16-7-6-10-23(16)20(25)21-19-11-14(2)22-24(19)13-15-8-9-17(26-3)18(12-15)27-4/h6-9,11-12,16H,5,10,13H2,1-4H3,(H,21,25)/t16-/m1/s1. The van der Waals surface area contributed by atoms with Crippen LogP contribution in [0.3, 0.4) is 0 Å². The predicted molar refractivity (Wildman–Crippen MR) is 105 cm³/mol. The normalized spacial score (nSPS) is 15.9. The zero-order chi connectivity index (χ0) is 19.4. The van der Waals surface area contributed by atoms with Gasteiger partial charge in [-0.05, 0) is 31.0 Å². The number of carbonyl (C=O) groups excluding carboxylic acids is 1. The highest BCUT2D eigenvalue weighted by molar-refractivity contribution is 5.89. The lowest BCUT2D eigenvalue weighted by Gasteiger charge is -2.24. The van der Waals surface area contributed by atoms with E-state index in [2.05, 4.69) is 23.4 Å². The van der Waals surface area contributed by atoms with Crippen LogP contribution < -0.4 is 14.8 Å². The molecular weight excluding hydrogens is 344 g/mol. The number of amides is 2. The molecule has 27 heavy (non-hydrogen) atoms. The molecule has 1 aliphatic rings. The van der Waals surface area contributed by atoms with Crippen LogP contribution in [0.15, 0.2) is 36.4 Å². The monoisotopic (exact) mass is 370 g/mol. The Morgan fingerprint density at radius 2 is 2.04 bits per heavy atom. The highest BCUT2D eigenvalue weighted by Crippen LogP contribution is 2.28. The summed E-state index contributed by atoms with van der Waals surface area (Å²) >= 11 is 0. The second-order valence-corrected chi connectivity index (χ2v) is 6.50. The second-order valence-electron chi connectivity index (χ2n) is 6.50. The third kappa shape index (κ3) is 4.07. The van der Waals surface area contributed by atoms with E-state index in [9.17, 15) is 4.79 Å². The molecule has 2 aromatic rings. The molecule has 144 valence electrons. The maximum atomic E-state index is 12.7. The quantitative estimate of drug-likeness (QED) is 0.791. The van der Waals surface area contributed by atoms with Crippen molar-refractivity contribution in [2.45, 2.75) is 32.9 Å². The summed E-state index contributed by atoms with van der Waals surface area (Å²) < 4.78 is 12.4. The first-order chi connectivity index (χ1) is 13.0. The summed E-state index contributed by atoms with van der Waals surface area (Å²) in [5.41, 5.74) is 1.85. The number of urea groups is 1. The van der Waals surface area contributed by atoms with E-state index in [0.29, 0.717) is 30.4 Å². The molecule has 0 saturated heterocycles. The van der Waals surface area contributed by atoms with E-state index in [1.807, 2.05) is 42.2 Å². The topological polar surface area (TPSA) is 68.6 Å². The zero-order valence-corrected chi connectivity index (χ0v) is 16.2. The molecule has 0 saturated carbocycles. The van der Waals surface area contributed by atoms with Gasteiger partial charge in [0.05, 0.1) is 32.5 Å². The van der Waals surface area contributed by atoms with Crippen LogP contribution in [0.1, 0.15) is 24.6 Å². The number of carbonyl (C=O) groups is 1. The SMILES string of the molecule is CC[C@@H]1C=CCN1C(=O)Nc1cc(C)nn1Cc1ccc(OC)c(OC)c1. The van der Waals surface area contributed by atoms with Crippen LogP contribution in [0.2, 0.25) is 0 Å². The van der Waals surface area contributed by atoms with Gasteiger partial charge in [-0.3, -0.25) is 5.32 Å². The number of methoxy groups -OCH3 is 2. The lowest BCUT2D eigenvalue weighted by atomic mass is 10.2. The Morgan fingerprint density at radius 3 is 2.74 bits per heavy atom. The van der Waals surface area contributed by atoms with E-state index in [1.54, 1.807) is 18.9 Å². The molecule has 7 nitrogen and oxygen atoms in total. The van der Waals surface area contributed by atoms with Crippen molar-refractivity contribution in [3.05, 3.63) is 47.7 Å². The van der Waals surface area contributed by atoms with Gasteiger partial charge in [-0.2, -0.15) is 5.10 Å². The van der Waals surface area contributed by atoms with Crippen molar-refractivity contribution in [3.63, 3.8) is 0 Å². The van der Waals surface area contributed by atoms with Crippen molar-refractivity contribution in [1.82, 2.24) is 14.7 Å². The Kier molecular flexibility index (Phi) is 5.69. The fourth-order valence-corrected chi connectivity index (χ4v) is 3.26. The van der Waals surface area contributed by atoms with Gasteiger partial charge in [0.2, 0.25) is 0 Å². The van der Waals surface area contributed by atoms with Gasteiger partial charge in [-0.1, -0.05) is 25.1 Å². The molecule has 0 spiro atoms. The predicted octanol–water partition coefficient (Wildman–Crippen LogP) is 3.44. The first-order valence-corrected chi connectivity index (χ1v) is 9.05. The number of ether oxygens (including phenoxy) is 2. The minimum atomic E-state index is -0.111. The van der Waals surface area contributed by atoms with E-state index in [4.69, 9.17) is 9.47 Å². The summed E-state index contributed by atoms with van der Waals surface area (Å²) in [6.45, 7) is 5.13. The van der Waals surface area contributed by atoms with Gasteiger partial charge in [0.25, 0.3) is 0 Å². The molecule has 2 amide bonds. The Balaban J connectivity index is 1.77. The highest BCUT2D eigenvalue weighted by atomic mass is 16.5. The van der Waals surface area contributed by atoms with E-state index in [-0.39, 0.29) is 12.1 Å². The van der Waals surface area contributed by atoms with Crippen molar-refractivity contribution in [3.8, 4) is 11.5 Å². The van der Waals surface area contributed by atoms with Gasteiger partial charge in [0.1, 0.15) is 5.82 Å². The molecule has 7 heteroatoms. The van der Waals surface area contributed by atoms with Crippen LogP contribution >= 0.6 is 0 Å². The number of rotatable bonds is 6. The largest absolute Gasteiger partial charge is 0.493 e. The molecule has 0 radical (unpaired) electrons. The van der Waals surface area contributed by atoms with E-state index in [1.165, 1.54) is 0 Å². The van der Waals surface area contributed by atoms with Gasteiger partial charge in [-0.15, -0.1) is 0 Å². The van der Waals surface area contributed by atoms with Crippen LogP contribution in [0.25, 0.3) is 0 Å². The third-order valence-corrected chi connectivity index (χ3v) is 4.66. The molecule has 1 aliphatic heterocycles. The Bertz CT molecular complexity index is 844. The number of benzene rings is 1. The summed E-state index contributed by atoms with van der Waals surface area (Å²) in [5.74, 6) is 2.02. The van der Waals surface area contributed by atoms with Crippen molar-refractivity contribution < 1.29 is 14.3 Å². The van der Waals surface area contributed by atoms with Crippen molar-refractivity contribution in [2.75, 3.05) is 26.1 Å². The van der Waals surface area contributed by atoms with Gasteiger partial charge >= 0.3 is 6.03 Å². The molecule has 0 fully saturated rings. The fourth-order valence-electron chi connectivity index (χ4n) is 3.26. The number of aromatic nitrogens is 2. The lowest BCUT2D eigenvalue weighted by molar-refractivity contribution is 0.209. The smallest absolute Gasteiger partial charge is 0.323 e. The van der Waals surface area contributed by atoms with Crippen LogP contribution in [0.5, 0.6) is 11.5 Å². The molecule has 0 unspecified atom stereocenters. The second kappa shape index (κ2) is 8.16. The summed E-state index contributed by atoms with van der Waals surface area (Å²) in [4.78, 5) is 14.5. The van der Waals surface area contributed by atoms with E-state index in [0.717, 1.165) is 17.7 Å². The zero-order valence-electron chi connectivity index (χ0n) is 16.2. The first-order valence-electron chi connectivity index (χ1n) is 9.05. The minimum absolute atomic E-state index is 0.111. The maximum absolute atomic E-state index is 12.7. The molecule has 1 aromatic heterocycles. The summed E-state index contributed by atoms with van der Waals surface area (Å²) in [6.07, 6.45) is 5.00. The Morgan fingerprint density at radius 1 is 1.26 bits per heavy atom. The van der Waals surface area contributed by atoms with Crippen molar-refractivity contribution >= 4 is 11.8 Å². The van der Waals surface area contributed by atoms with Crippen LogP contribution in [0, 0.1) is 6.92 Å². The maximum Gasteiger partial charge on any atom is 0.323 e.